The van der Waals surface area contributed by atoms with Crippen LogP contribution in [0.5, 0.6) is 17.2 Å². The molecule has 6 aromatic carbocycles. The van der Waals surface area contributed by atoms with Crippen molar-refractivity contribution >= 4 is 18.3 Å². The van der Waals surface area contributed by atoms with Gasteiger partial charge in [0.2, 0.25) is 13.6 Å². The molecule has 0 fully saturated rings. The van der Waals surface area contributed by atoms with E-state index in [0.29, 0.717) is 22.6 Å². The second kappa shape index (κ2) is 31.2. The van der Waals surface area contributed by atoms with Gasteiger partial charge in [0.05, 0.1) is 14.2 Å². The van der Waals surface area contributed by atoms with Gasteiger partial charge in [-0.1, -0.05) is 188 Å². The first-order chi connectivity index (χ1) is 32.2. The molecule has 0 aliphatic rings. The molecule has 10 heteroatoms. The van der Waals surface area contributed by atoms with E-state index in [-0.39, 0.29) is 33.1 Å². The topological polar surface area (TPSA) is 116 Å². The molecule has 0 aromatic heterocycles. The number of benzene rings is 6. The number of esters is 1. The first-order valence-corrected chi connectivity index (χ1v) is 22.5. The van der Waals surface area contributed by atoms with Crippen LogP contribution in [-0.4, -0.2) is 46.1 Å². The average molecular weight is 975 g/mol. The maximum Gasteiger partial charge on any atom is 0.516 e. The summed E-state index contributed by atoms with van der Waals surface area (Å²) in [4.78, 5) is 33.1. The molecule has 0 N–H and O–H groups in total. The van der Waals surface area contributed by atoms with Gasteiger partial charge in [-0.25, -0.2) is 9.59 Å². The molecule has 0 saturated carbocycles. The summed E-state index contributed by atoms with van der Waals surface area (Å²) in [7, 11) is 3.22. The van der Waals surface area contributed by atoms with Gasteiger partial charge >= 0.3 is 18.3 Å². The second-order valence-corrected chi connectivity index (χ2v) is 17.6. The highest BCUT2D eigenvalue weighted by Gasteiger charge is 2.26. The highest BCUT2D eigenvalue weighted by molar-refractivity contribution is 5.67. The lowest BCUT2D eigenvalue weighted by atomic mass is 9.74. The van der Waals surface area contributed by atoms with Crippen LogP contribution >= 0.6 is 0 Å². The fourth-order valence-corrected chi connectivity index (χ4v) is 6.63. The maximum absolute atomic E-state index is 11.6. The van der Waals surface area contributed by atoms with Crippen molar-refractivity contribution in [2.75, 3.05) is 27.8 Å². The van der Waals surface area contributed by atoms with Crippen molar-refractivity contribution in [3.05, 3.63) is 184 Å². The van der Waals surface area contributed by atoms with Crippen LogP contribution in [0.1, 0.15) is 120 Å². The van der Waals surface area contributed by atoms with Crippen LogP contribution in [-0.2, 0) is 34.6 Å². The summed E-state index contributed by atoms with van der Waals surface area (Å²) in [6, 6.07) is 46.7. The summed E-state index contributed by atoms with van der Waals surface area (Å²) >= 11 is 0. The van der Waals surface area contributed by atoms with Crippen LogP contribution in [0.4, 0.5) is 9.59 Å². The highest BCUT2D eigenvalue weighted by atomic mass is 16.8. The van der Waals surface area contributed by atoms with Gasteiger partial charge in [-0.05, 0) is 117 Å². The van der Waals surface area contributed by atoms with Crippen LogP contribution in [0.2, 0.25) is 0 Å². The summed E-state index contributed by atoms with van der Waals surface area (Å²) < 4.78 is 33.0. The Morgan fingerprint density at radius 1 is 0.451 bits per heavy atom. The first kappa shape index (κ1) is 63.9. The zero-order chi connectivity index (χ0) is 50.4. The summed E-state index contributed by atoms with van der Waals surface area (Å²) in [6.45, 7) is 23.0. The van der Waals surface area contributed by atoms with Crippen molar-refractivity contribution < 1.29 is 47.5 Å². The molecule has 386 valence electrons. The SMILES string of the molecule is C.C.C.CCC(C)(c1ccc(C)cc1)c1ccc(C)cc1.COc1cc(C)c(OC(=O)OCOC(=O)OCOC(C)=O)c(C)c1.COc1ccc(C(C)(C)C)cc1.Cc1ccc(-c2ccc(C)cc2)cc1. The van der Waals surface area contributed by atoms with Crippen LogP contribution in [0, 0.1) is 41.5 Å². The molecule has 71 heavy (non-hydrogen) atoms. The van der Waals surface area contributed by atoms with E-state index in [1.807, 2.05) is 12.1 Å². The minimum Gasteiger partial charge on any atom is -0.497 e. The Bertz CT molecular complexity index is 2350. The minimum absolute atomic E-state index is 0. The van der Waals surface area contributed by atoms with Crippen molar-refractivity contribution in [1.29, 1.82) is 0 Å². The van der Waals surface area contributed by atoms with E-state index in [9.17, 15) is 14.4 Å². The molecule has 0 bridgehead atoms. The van der Waals surface area contributed by atoms with Crippen LogP contribution in [0.15, 0.2) is 133 Å². The third-order valence-electron chi connectivity index (χ3n) is 11.1. The Labute approximate surface area is 426 Å². The van der Waals surface area contributed by atoms with E-state index in [1.165, 1.54) is 57.2 Å². The fraction of sp³-hybridized carbons (Fsp3) is 0.361. The smallest absolute Gasteiger partial charge is 0.497 e. The molecular weight excluding hydrogens is 893 g/mol. The molecule has 0 radical (unpaired) electrons. The minimum atomic E-state index is -1.17. The first-order valence-electron chi connectivity index (χ1n) is 22.5. The van der Waals surface area contributed by atoms with Gasteiger partial charge in [-0.15, -0.1) is 0 Å². The molecule has 0 atom stereocenters. The van der Waals surface area contributed by atoms with E-state index in [2.05, 4.69) is 190 Å². The maximum atomic E-state index is 11.6. The van der Waals surface area contributed by atoms with Crippen molar-refractivity contribution in [3.8, 4) is 28.4 Å². The largest absolute Gasteiger partial charge is 0.516 e. The normalized spacial score (nSPS) is 10.1. The van der Waals surface area contributed by atoms with Gasteiger partial charge in [-0.3, -0.25) is 4.79 Å². The zero-order valence-corrected chi connectivity index (χ0v) is 42.4. The number of rotatable bonds is 11. The number of aryl methyl sites for hydroxylation is 6. The molecule has 6 rings (SSSR count). The summed E-state index contributed by atoms with van der Waals surface area (Å²) in [5.41, 5.74) is 13.7. The standard InChI is InChI=1S/C18H22.C15H18O9.C14H14.C11H16O.3CH4/c1-5-18(4,16-10-6-14(2)7-11-16)17-12-8-15(3)9-13-17;1-9-5-12(19-4)6-10(2)13(9)24-15(18)23-8-22-14(17)21-7-20-11(3)16;1-11-3-7-13(8-4-11)14-9-5-12(2)6-10-14;1-11(2,3)9-5-7-10(12-4)8-6-9;;;/h6-13H,5H2,1-4H3;5-6H,7-8H2,1-4H3;3-10H,1-2H3;5-8H,1-4H3;3*1H4. The zero-order valence-electron chi connectivity index (χ0n) is 42.4. The van der Waals surface area contributed by atoms with Crippen LogP contribution in [0.3, 0.4) is 0 Å². The number of ether oxygens (including phenoxy) is 7. The van der Waals surface area contributed by atoms with Crippen LogP contribution in [0.25, 0.3) is 11.1 Å². The molecule has 0 aliphatic heterocycles. The second-order valence-electron chi connectivity index (χ2n) is 17.6. The highest BCUT2D eigenvalue weighted by Crippen LogP contribution is 2.35. The van der Waals surface area contributed by atoms with Crippen LogP contribution < -0.4 is 14.2 Å². The number of carbonyl (C=O) groups excluding carboxylic acids is 3. The number of carbonyl (C=O) groups is 3. The molecule has 0 saturated heterocycles. The Balaban J connectivity index is 0.000000935. The van der Waals surface area contributed by atoms with Gasteiger partial charge in [0.1, 0.15) is 17.2 Å². The van der Waals surface area contributed by atoms with Crippen molar-refractivity contribution in [2.45, 2.75) is 123 Å². The molecule has 0 spiro atoms. The Hall–Kier alpha value is -7.07. The van der Waals surface area contributed by atoms with Crippen molar-refractivity contribution in [3.63, 3.8) is 0 Å². The molecule has 0 amide bonds. The lowest BCUT2D eigenvalue weighted by Crippen LogP contribution is -2.22. The van der Waals surface area contributed by atoms with Crippen molar-refractivity contribution in [2.24, 2.45) is 0 Å². The monoisotopic (exact) mass is 975 g/mol. The number of hydrogen-bond donors (Lipinski definition) is 0. The lowest BCUT2D eigenvalue weighted by molar-refractivity contribution is -0.151. The van der Waals surface area contributed by atoms with Gasteiger partial charge in [0.25, 0.3) is 0 Å². The summed E-state index contributed by atoms with van der Waals surface area (Å²) in [5.74, 6) is 1.25. The summed E-state index contributed by atoms with van der Waals surface area (Å²) in [6.07, 6.45) is -1.11. The quantitative estimate of drug-likeness (QED) is 0.0706. The van der Waals surface area contributed by atoms with Crippen molar-refractivity contribution in [1.82, 2.24) is 0 Å². The predicted molar refractivity (Wildman–Crippen MR) is 291 cm³/mol. The van der Waals surface area contributed by atoms with Gasteiger partial charge in [0, 0.05) is 12.3 Å². The molecule has 6 aromatic rings. The van der Waals surface area contributed by atoms with E-state index >= 15 is 0 Å². The Morgan fingerprint density at radius 3 is 1.13 bits per heavy atom. The molecule has 10 nitrogen and oxygen atoms in total. The third-order valence-corrected chi connectivity index (χ3v) is 11.1. The average Bonchev–Trinajstić information content (AvgIpc) is 3.31. The number of methoxy groups -OCH3 is 2. The Kier molecular flexibility index (Phi) is 28.1. The van der Waals surface area contributed by atoms with E-state index in [0.717, 1.165) is 19.1 Å². The van der Waals surface area contributed by atoms with E-state index in [4.69, 9.17) is 14.2 Å². The number of hydrogen-bond acceptors (Lipinski definition) is 10. The molecular formula is C61H82O10. The molecule has 0 unspecified atom stereocenters. The van der Waals surface area contributed by atoms with Gasteiger partial charge in [0.15, 0.2) is 0 Å². The fourth-order valence-electron chi connectivity index (χ4n) is 6.63. The van der Waals surface area contributed by atoms with E-state index in [1.54, 1.807) is 33.1 Å². The van der Waals surface area contributed by atoms with Gasteiger partial charge < -0.3 is 33.2 Å². The van der Waals surface area contributed by atoms with Gasteiger partial charge in [-0.2, -0.15) is 0 Å². The lowest BCUT2D eigenvalue weighted by Gasteiger charge is -2.30. The Morgan fingerprint density at radius 2 is 0.789 bits per heavy atom. The van der Waals surface area contributed by atoms with E-state index < -0.39 is 31.9 Å². The predicted octanol–water partition coefficient (Wildman–Crippen LogP) is 16.3. The third kappa shape index (κ3) is 21.6. The molecule has 0 heterocycles. The molecule has 0 aliphatic carbocycles. The summed E-state index contributed by atoms with van der Waals surface area (Å²) in [5, 5.41) is 0.